The summed E-state index contributed by atoms with van der Waals surface area (Å²) in [5.41, 5.74) is 8.73. The summed E-state index contributed by atoms with van der Waals surface area (Å²) >= 11 is 3.49. The van der Waals surface area contributed by atoms with Gasteiger partial charge in [0.1, 0.15) is 0 Å². The molecule has 1 rings (SSSR count). The summed E-state index contributed by atoms with van der Waals surface area (Å²) < 4.78 is 1.14. The highest BCUT2D eigenvalue weighted by atomic mass is 79.9. The van der Waals surface area contributed by atoms with Gasteiger partial charge in [0, 0.05) is 10.5 Å². The van der Waals surface area contributed by atoms with Crippen molar-refractivity contribution in [2.24, 2.45) is 11.1 Å². The van der Waals surface area contributed by atoms with Crippen molar-refractivity contribution in [1.29, 1.82) is 0 Å². The van der Waals surface area contributed by atoms with Crippen LogP contribution < -0.4 is 5.73 Å². The third-order valence-corrected chi connectivity index (χ3v) is 3.36. The van der Waals surface area contributed by atoms with Crippen molar-refractivity contribution in [3.8, 4) is 0 Å². The third-order valence-electron chi connectivity index (χ3n) is 2.47. The first-order chi connectivity index (χ1) is 6.32. The first-order valence-electron chi connectivity index (χ1n) is 4.84. The lowest BCUT2D eigenvalue weighted by atomic mass is 9.83. The Morgan fingerprint density at radius 3 is 2.29 bits per heavy atom. The molecule has 1 aromatic rings. The van der Waals surface area contributed by atoms with Crippen molar-refractivity contribution in [3.05, 3.63) is 33.8 Å². The zero-order valence-corrected chi connectivity index (χ0v) is 10.9. The Balaban J connectivity index is 3.03. The fourth-order valence-corrected chi connectivity index (χ4v) is 1.61. The quantitative estimate of drug-likeness (QED) is 0.812. The first-order valence-corrected chi connectivity index (χ1v) is 5.63. The molecule has 0 spiro atoms. The van der Waals surface area contributed by atoms with Crippen LogP contribution in [0.25, 0.3) is 0 Å². The van der Waals surface area contributed by atoms with E-state index < -0.39 is 0 Å². The highest BCUT2D eigenvalue weighted by molar-refractivity contribution is 9.10. The fourth-order valence-electron chi connectivity index (χ4n) is 1.36. The number of hydrogen-bond acceptors (Lipinski definition) is 1. The van der Waals surface area contributed by atoms with E-state index >= 15 is 0 Å². The highest BCUT2D eigenvalue weighted by Gasteiger charge is 2.22. The van der Waals surface area contributed by atoms with Crippen LogP contribution in [0, 0.1) is 12.3 Å². The molecule has 0 bridgehead atoms. The molecular weight excluding hydrogens is 238 g/mol. The Morgan fingerprint density at radius 1 is 1.29 bits per heavy atom. The minimum Gasteiger partial charge on any atom is -0.324 e. The summed E-state index contributed by atoms with van der Waals surface area (Å²) in [7, 11) is 0. The second kappa shape index (κ2) is 4.03. The van der Waals surface area contributed by atoms with E-state index in [0.29, 0.717) is 0 Å². The molecule has 0 saturated heterocycles. The van der Waals surface area contributed by atoms with E-state index in [1.165, 1.54) is 11.1 Å². The van der Waals surface area contributed by atoms with Crippen LogP contribution in [0.3, 0.4) is 0 Å². The van der Waals surface area contributed by atoms with E-state index in [4.69, 9.17) is 5.73 Å². The van der Waals surface area contributed by atoms with Gasteiger partial charge < -0.3 is 5.73 Å². The van der Waals surface area contributed by atoms with Crippen LogP contribution in [-0.4, -0.2) is 0 Å². The van der Waals surface area contributed by atoms with E-state index in [1.807, 2.05) is 0 Å². The number of benzene rings is 1. The van der Waals surface area contributed by atoms with Crippen LogP contribution >= 0.6 is 15.9 Å². The molecule has 2 heteroatoms. The molecule has 1 atom stereocenters. The van der Waals surface area contributed by atoms with E-state index in [1.54, 1.807) is 0 Å². The summed E-state index contributed by atoms with van der Waals surface area (Å²) in [5, 5.41) is 0. The van der Waals surface area contributed by atoms with Gasteiger partial charge in [0.25, 0.3) is 0 Å². The second-order valence-corrected chi connectivity index (χ2v) is 5.71. The first kappa shape index (κ1) is 11.7. The molecule has 14 heavy (non-hydrogen) atoms. The third kappa shape index (κ3) is 2.58. The molecule has 0 saturated carbocycles. The minimum absolute atomic E-state index is 0.0919. The summed E-state index contributed by atoms with van der Waals surface area (Å²) in [6.45, 7) is 8.57. The molecule has 0 radical (unpaired) electrons. The maximum Gasteiger partial charge on any atom is 0.0344 e. The van der Waals surface area contributed by atoms with Gasteiger partial charge in [-0.2, -0.15) is 0 Å². The molecule has 0 aliphatic carbocycles. The predicted octanol–water partition coefficient (Wildman–Crippen LogP) is 3.80. The van der Waals surface area contributed by atoms with Crippen LogP contribution in [0.5, 0.6) is 0 Å². The minimum atomic E-state index is 0.0919. The van der Waals surface area contributed by atoms with Crippen molar-refractivity contribution in [2.75, 3.05) is 0 Å². The second-order valence-electron chi connectivity index (χ2n) is 4.85. The molecular formula is C12H18BrN. The molecule has 0 heterocycles. The van der Waals surface area contributed by atoms with E-state index in [2.05, 4.69) is 61.8 Å². The Morgan fingerprint density at radius 2 is 1.86 bits per heavy atom. The zero-order valence-electron chi connectivity index (χ0n) is 9.26. The molecule has 2 N–H and O–H groups in total. The fraction of sp³-hybridized carbons (Fsp3) is 0.500. The predicted molar refractivity (Wildman–Crippen MR) is 65.3 cm³/mol. The summed E-state index contributed by atoms with van der Waals surface area (Å²) in [4.78, 5) is 0. The number of nitrogens with two attached hydrogens (primary N) is 1. The van der Waals surface area contributed by atoms with Crippen molar-refractivity contribution in [2.45, 2.75) is 33.7 Å². The molecule has 0 unspecified atom stereocenters. The molecule has 78 valence electrons. The summed E-state index contributed by atoms with van der Waals surface area (Å²) in [5.74, 6) is 0. The van der Waals surface area contributed by atoms with E-state index in [0.717, 1.165) is 4.47 Å². The number of rotatable bonds is 1. The average molecular weight is 256 g/mol. The number of halogens is 1. The van der Waals surface area contributed by atoms with Crippen molar-refractivity contribution < 1.29 is 0 Å². The van der Waals surface area contributed by atoms with Gasteiger partial charge in [0.2, 0.25) is 0 Å². The molecule has 0 aliphatic rings. The van der Waals surface area contributed by atoms with Gasteiger partial charge in [0.05, 0.1) is 0 Å². The standard InChI is InChI=1S/C12H18BrN/c1-8-7-9(5-6-10(8)13)11(14)12(2,3)4/h5-7,11H,14H2,1-4H3/t11-/m1/s1. The lowest BCUT2D eigenvalue weighted by molar-refractivity contribution is 0.327. The SMILES string of the molecule is Cc1cc([C@@H](N)C(C)(C)C)ccc1Br. The van der Waals surface area contributed by atoms with E-state index in [9.17, 15) is 0 Å². The Labute approximate surface area is 94.8 Å². The Bertz CT molecular complexity index is 326. The molecule has 0 amide bonds. The van der Waals surface area contributed by atoms with Gasteiger partial charge in [-0.15, -0.1) is 0 Å². The summed E-state index contributed by atoms with van der Waals surface area (Å²) in [6.07, 6.45) is 0. The molecule has 1 aromatic carbocycles. The van der Waals surface area contributed by atoms with Gasteiger partial charge >= 0.3 is 0 Å². The zero-order chi connectivity index (χ0) is 10.9. The number of aryl methyl sites for hydroxylation is 1. The van der Waals surface area contributed by atoms with Crippen LogP contribution in [0.15, 0.2) is 22.7 Å². The van der Waals surface area contributed by atoms with Crippen LogP contribution in [0.4, 0.5) is 0 Å². The normalized spacial score (nSPS) is 14.1. The molecule has 1 nitrogen and oxygen atoms in total. The van der Waals surface area contributed by atoms with Crippen molar-refractivity contribution >= 4 is 15.9 Å². The van der Waals surface area contributed by atoms with Crippen molar-refractivity contribution in [1.82, 2.24) is 0 Å². The highest BCUT2D eigenvalue weighted by Crippen LogP contribution is 2.31. The summed E-state index contributed by atoms with van der Waals surface area (Å²) in [6, 6.07) is 6.40. The van der Waals surface area contributed by atoms with E-state index in [-0.39, 0.29) is 11.5 Å². The molecule has 0 fully saturated rings. The molecule has 0 aromatic heterocycles. The number of hydrogen-bond donors (Lipinski definition) is 1. The lowest BCUT2D eigenvalue weighted by Crippen LogP contribution is -2.26. The van der Waals surface area contributed by atoms with Crippen LogP contribution in [-0.2, 0) is 0 Å². The largest absolute Gasteiger partial charge is 0.324 e. The Hall–Kier alpha value is -0.340. The Kier molecular flexibility index (Phi) is 3.38. The van der Waals surface area contributed by atoms with Crippen molar-refractivity contribution in [3.63, 3.8) is 0 Å². The van der Waals surface area contributed by atoms with Gasteiger partial charge in [-0.1, -0.05) is 48.8 Å². The maximum atomic E-state index is 6.18. The van der Waals surface area contributed by atoms with Crippen LogP contribution in [0.2, 0.25) is 0 Å². The lowest BCUT2D eigenvalue weighted by Gasteiger charge is -2.27. The smallest absolute Gasteiger partial charge is 0.0344 e. The van der Waals surface area contributed by atoms with Gasteiger partial charge in [-0.25, -0.2) is 0 Å². The van der Waals surface area contributed by atoms with Gasteiger partial charge in [0.15, 0.2) is 0 Å². The monoisotopic (exact) mass is 255 g/mol. The topological polar surface area (TPSA) is 26.0 Å². The van der Waals surface area contributed by atoms with Crippen LogP contribution in [0.1, 0.15) is 37.9 Å². The molecule has 0 aliphatic heterocycles. The van der Waals surface area contributed by atoms with Gasteiger partial charge in [-0.3, -0.25) is 0 Å². The maximum absolute atomic E-state index is 6.18. The average Bonchev–Trinajstić information content (AvgIpc) is 2.07. The van der Waals surface area contributed by atoms with Gasteiger partial charge in [-0.05, 0) is 29.5 Å².